The zero-order valence-corrected chi connectivity index (χ0v) is 7.91. The fourth-order valence-electron chi connectivity index (χ4n) is 0.497. The van der Waals surface area contributed by atoms with Gasteiger partial charge >= 0.3 is 0 Å². The van der Waals surface area contributed by atoms with Crippen molar-refractivity contribution in [1.82, 2.24) is 0 Å². The molecular formula is C6H4NO2W-. The van der Waals surface area contributed by atoms with E-state index >= 15 is 0 Å². The molecule has 0 amide bonds. The fraction of sp³-hybridized carbons (Fsp3) is 0. The smallest absolute Gasteiger partial charge is 0.163 e. The summed E-state index contributed by atoms with van der Waals surface area (Å²) in [5.41, 5.74) is 0.0810. The molecule has 0 radical (unpaired) electrons. The Kier molecular flexibility index (Phi) is 3.89. The Morgan fingerprint density at radius 2 is 2.30 bits per heavy atom. The maximum Gasteiger partial charge on any atom is 0.163 e. The summed E-state index contributed by atoms with van der Waals surface area (Å²) in [4.78, 5) is 9.54. The Morgan fingerprint density at radius 3 is 2.60 bits per heavy atom. The van der Waals surface area contributed by atoms with Crippen LogP contribution in [0.4, 0.5) is 5.69 Å². The Balaban J connectivity index is 0.000000810. The van der Waals surface area contributed by atoms with E-state index in [-0.39, 0.29) is 26.8 Å². The number of non-ortho nitro benzene ring substituents is 1. The topological polar surface area (TPSA) is 43.1 Å². The first-order valence-corrected chi connectivity index (χ1v) is 2.41. The largest absolute Gasteiger partial charge is 0.270 e. The van der Waals surface area contributed by atoms with E-state index in [1.165, 1.54) is 12.1 Å². The quantitative estimate of drug-likeness (QED) is 0.447. The maximum absolute atomic E-state index is 9.99. The molecule has 0 heterocycles. The van der Waals surface area contributed by atoms with Crippen LogP contribution in [-0.4, -0.2) is 4.92 Å². The Hall–Kier alpha value is -0.692. The summed E-state index contributed by atoms with van der Waals surface area (Å²) in [6.07, 6.45) is 0. The average Bonchev–Trinajstić information content (AvgIpc) is 1.90. The molecule has 4 heteroatoms. The Labute approximate surface area is 72.5 Å². The van der Waals surface area contributed by atoms with Crippen LogP contribution < -0.4 is 0 Å². The van der Waals surface area contributed by atoms with E-state index in [9.17, 15) is 10.1 Å². The number of benzene rings is 1. The molecule has 1 rings (SSSR count). The number of rotatable bonds is 1. The summed E-state index contributed by atoms with van der Waals surface area (Å²) in [7, 11) is 0. The minimum Gasteiger partial charge on any atom is -0.270 e. The van der Waals surface area contributed by atoms with Gasteiger partial charge in [-0.05, 0) is 0 Å². The third-order valence-electron chi connectivity index (χ3n) is 0.901. The van der Waals surface area contributed by atoms with Gasteiger partial charge < -0.3 is 0 Å². The first-order valence-electron chi connectivity index (χ1n) is 2.41. The molecule has 0 aliphatic carbocycles. The molecule has 0 N–H and O–H groups in total. The standard InChI is InChI=1S/C6H4NO2.W/c8-7(9)6-4-2-1-3-5-6;/h1-2,4-5H;/q-1;. The molecule has 10 heavy (non-hydrogen) atoms. The van der Waals surface area contributed by atoms with E-state index in [0.717, 1.165) is 0 Å². The molecule has 52 valence electrons. The van der Waals surface area contributed by atoms with E-state index in [4.69, 9.17) is 0 Å². The van der Waals surface area contributed by atoms with Crippen molar-refractivity contribution in [3.8, 4) is 0 Å². The van der Waals surface area contributed by atoms with Crippen molar-refractivity contribution in [2.24, 2.45) is 0 Å². The normalized spacial score (nSPS) is 8.00. The number of nitro benzene ring substituents is 1. The van der Waals surface area contributed by atoms with Gasteiger partial charge in [0.1, 0.15) is 0 Å². The fourth-order valence-corrected chi connectivity index (χ4v) is 0.497. The van der Waals surface area contributed by atoms with Crippen LogP contribution in [0.2, 0.25) is 0 Å². The molecule has 3 nitrogen and oxygen atoms in total. The molecule has 1 aromatic rings. The monoisotopic (exact) mass is 306 g/mol. The maximum atomic E-state index is 9.99. The van der Waals surface area contributed by atoms with Gasteiger partial charge in [-0.1, -0.05) is 6.07 Å². The van der Waals surface area contributed by atoms with Gasteiger partial charge in [0.25, 0.3) is 0 Å². The van der Waals surface area contributed by atoms with E-state index in [2.05, 4.69) is 6.07 Å². The molecule has 0 fully saturated rings. The molecule has 0 spiro atoms. The summed E-state index contributed by atoms with van der Waals surface area (Å²) >= 11 is 0. The molecule has 0 aliphatic heterocycles. The number of hydrogen-bond donors (Lipinski definition) is 0. The zero-order chi connectivity index (χ0) is 6.69. The molecule has 0 unspecified atom stereocenters. The first kappa shape index (κ1) is 9.31. The van der Waals surface area contributed by atoms with Crippen LogP contribution >= 0.6 is 0 Å². The predicted molar refractivity (Wildman–Crippen MR) is 31.9 cm³/mol. The summed E-state index contributed by atoms with van der Waals surface area (Å²) in [5, 5.41) is 9.99. The molecule has 0 aliphatic rings. The number of hydrogen-bond acceptors (Lipinski definition) is 2. The van der Waals surface area contributed by atoms with Gasteiger partial charge in [0.05, 0.1) is 0 Å². The summed E-state index contributed by atoms with van der Waals surface area (Å²) < 4.78 is 0. The van der Waals surface area contributed by atoms with Crippen molar-refractivity contribution in [1.29, 1.82) is 0 Å². The number of nitrogens with zero attached hydrogens (tertiary/aromatic N) is 1. The SMILES string of the molecule is O=[N+]([O-])c1c[c-]ccc1.[W]. The van der Waals surface area contributed by atoms with Crippen LogP contribution in [0.15, 0.2) is 24.3 Å². The molecule has 0 saturated carbocycles. The third kappa shape index (κ3) is 2.27. The molecule has 0 aromatic heterocycles. The third-order valence-corrected chi connectivity index (χ3v) is 0.901. The Bertz CT molecular complexity index is 212. The van der Waals surface area contributed by atoms with E-state index < -0.39 is 4.92 Å². The molecule has 0 atom stereocenters. The zero-order valence-electron chi connectivity index (χ0n) is 4.98. The second kappa shape index (κ2) is 4.18. The van der Waals surface area contributed by atoms with Gasteiger partial charge in [-0.15, -0.1) is 6.07 Å². The van der Waals surface area contributed by atoms with Gasteiger partial charge in [0.2, 0.25) is 0 Å². The van der Waals surface area contributed by atoms with Crippen molar-refractivity contribution < 1.29 is 26.0 Å². The van der Waals surface area contributed by atoms with Crippen LogP contribution in [0.1, 0.15) is 0 Å². The van der Waals surface area contributed by atoms with Gasteiger partial charge in [-0.25, -0.2) is 0 Å². The molecule has 0 bridgehead atoms. The van der Waals surface area contributed by atoms with E-state index in [1.807, 2.05) is 0 Å². The molecule has 0 saturated heterocycles. The van der Waals surface area contributed by atoms with Crippen LogP contribution in [0.5, 0.6) is 0 Å². The van der Waals surface area contributed by atoms with Gasteiger partial charge in [-0.3, -0.25) is 10.1 Å². The van der Waals surface area contributed by atoms with Crippen molar-refractivity contribution in [2.75, 3.05) is 0 Å². The molecular weight excluding hydrogens is 302 g/mol. The van der Waals surface area contributed by atoms with Crippen LogP contribution in [-0.2, 0) is 21.1 Å². The van der Waals surface area contributed by atoms with Crippen LogP contribution in [0.25, 0.3) is 0 Å². The van der Waals surface area contributed by atoms with Gasteiger partial charge in [0.15, 0.2) is 5.69 Å². The number of nitro groups is 1. The van der Waals surface area contributed by atoms with Crippen molar-refractivity contribution in [3.63, 3.8) is 0 Å². The van der Waals surface area contributed by atoms with Crippen molar-refractivity contribution in [2.45, 2.75) is 0 Å². The van der Waals surface area contributed by atoms with Crippen LogP contribution in [0.3, 0.4) is 0 Å². The van der Waals surface area contributed by atoms with Crippen molar-refractivity contribution >= 4 is 5.69 Å². The summed E-state index contributed by atoms with van der Waals surface area (Å²) in [6.45, 7) is 0. The second-order valence-electron chi connectivity index (χ2n) is 1.52. The minimum atomic E-state index is -0.448. The summed E-state index contributed by atoms with van der Waals surface area (Å²) in [5.74, 6) is 0. The van der Waals surface area contributed by atoms with E-state index in [0.29, 0.717) is 0 Å². The Morgan fingerprint density at radius 1 is 1.60 bits per heavy atom. The predicted octanol–water partition coefficient (Wildman–Crippen LogP) is 1.39. The minimum absolute atomic E-state index is 0. The van der Waals surface area contributed by atoms with Gasteiger partial charge in [-0.2, -0.15) is 18.2 Å². The van der Waals surface area contributed by atoms with E-state index in [1.54, 1.807) is 12.1 Å². The second-order valence-corrected chi connectivity index (χ2v) is 1.52. The first-order chi connectivity index (χ1) is 4.30. The summed E-state index contributed by atoms with van der Waals surface area (Å²) in [6, 6.07) is 8.56. The van der Waals surface area contributed by atoms with Crippen LogP contribution in [0, 0.1) is 16.2 Å². The van der Waals surface area contributed by atoms with Crippen molar-refractivity contribution in [3.05, 3.63) is 40.4 Å². The van der Waals surface area contributed by atoms with Gasteiger partial charge in [0, 0.05) is 26.0 Å². The average molecular weight is 306 g/mol. The molecule has 1 aromatic carbocycles.